The van der Waals surface area contributed by atoms with Crippen LogP contribution in [0.1, 0.15) is 27.9 Å². The summed E-state index contributed by atoms with van der Waals surface area (Å²) < 4.78 is 11.1. The fourth-order valence-electron chi connectivity index (χ4n) is 3.81. The molecular formula is C24H30N2O5. The first-order valence-corrected chi connectivity index (χ1v) is 10.3. The summed E-state index contributed by atoms with van der Waals surface area (Å²) in [6, 6.07) is 11.3. The normalized spacial score (nSPS) is 17.3. The molecular weight excluding hydrogens is 396 g/mol. The van der Waals surface area contributed by atoms with Gasteiger partial charge in [-0.3, -0.25) is 4.79 Å². The molecule has 0 spiro atoms. The minimum absolute atomic E-state index is 0.133. The van der Waals surface area contributed by atoms with Gasteiger partial charge in [0.2, 0.25) is 0 Å². The zero-order valence-corrected chi connectivity index (χ0v) is 18.6. The second-order valence-electron chi connectivity index (χ2n) is 7.61. The minimum atomic E-state index is -0.321. The zero-order valence-electron chi connectivity index (χ0n) is 18.6. The third-order valence-corrected chi connectivity index (χ3v) is 5.63. The molecule has 1 heterocycles. The van der Waals surface area contributed by atoms with Crippen molar-refractivity contribution in [2.45, 2.75) is 26.3 Å². The van der Waals surface area contributed by atoms with Gasteiger partial charge in [-0.05, 0) is 48.7 Å². The van der Waals surface area contributed by atoms with Gasteiger partial charge in [-0.15, -0.1) is 0 Å². The van der Waals surface area contributed by atoms with E-state index in [-0.39, 0.29) is 18.6 Å². The molecule has 1 N–H and O–H groups in total. The van der Waals surface area contributed by atoms with Crippen molar-refractivity contribution in [2.24, 2.45) is 5.16 Å². The second-order valence-corrected chi connectivity index (χ2v) is 7.61. The van der Waals surface area contributed by atoms with Gasteiger partial charge in [0.05, 0.1) is 31.5 Å². The molecule has 0 radical (unpaired) electrons. The van der Waals surface area contributed by atoms with Gasteiger partial charge in [-0.25, -0.2) is 0 Å². The number of amides is 1. The van der Waals surface area contributed by atoms with Crippen molar-refractivity contribution in [1.82, 2.24) is 4.90 Å². The number of aryl methyl sites for hydroxylation is 1. The molecule has 1 aliphatic rings. The van der Waals surface area contributed by atoms with Crippen molar-refractivity contribution in [1.29, 1.82) is 0 Å². The quantitative estimate of drug-likeness (QED) is 0.518. The van der Waals surface area contributed by atoms with E-state index in [0.717, 1.165) is 16.8 Å². The van der Waals surface area contributed by atoms with E-state index in [2.05, 4.69) is 31.1 Å². The van der Waals surface area contributed by atoms with E-state index in [4.69, 9.17) is 14.3 Å². The third-order valence-electron chi connectivity index (χ3n) is 5.63. The lowest BCUT2D eigenvalue weighted by Crippen LogP contribution is -2.37. The van der Waals surface area contributed by atoms with Crippen LogP contribution in [-0.2, 0) is 9.57 Å². The number of ether oxygens (including phenoxy) is 2. The summed E-state index contributed by atoms with van der Waals surface area (Å²) in [4.78, 5) is 19.7. The van der Waals surface area contributed by atoms with Crippen LogP contribution in [0.2, 0.25) is 0 Å². The monoisotopic (exact) mass is 426 g/mol. The average molecular weight is 427 g/mol. The van der Waals surface area contributed by atoms with Gasteiger partial charge in [0.25, 0.3) is 5.91 Å². The first-order valence-electron chi connectivity index (χ1n) is 10.3. The van der Waals surface area contributed by atoms with Gasteiger partial charge >= 0.3 is 0 Å². The van der Waals surface area contributed by atoms with E-state index in [1.165, 1.54) is 18.2 Å². The number of likely N-dealkylation sites (tertiary alicyclic amines) is 1. The lowest BCUT2D eigenvalue weighted by Gasteiger charge is -2.23. The Hall–Kier alpha value is -2.90. The standard InChI is InChI=1S/C24H30N2O5/c1-16-6-5-7-21(17(16)2)22-9-8-18(12-23(22)31-11-10-29-3)24(28)26-14-19(25-30-4)13-20(26)15-27/h5-9,12,20,27H,10-11,13-15H2,1-4H3/b25-19+. The number of nitrogens with zero attached hydrogens (tertiary/aromatic N) is 2. The second kappa shape index (κ2) is 10.4. The van der Waals surface area contributed by atoms with Crippen molar-refractivity contribution in [3.63, 3.8) is 0 Å². The van der Waals surface area contributed by atoms with E-state index in [0.29, 0.717) is 37.5 Å². The fraction of sp³-hybridized carbons (Fsp3) is 0.417. The van der Waals surface area contributed by atoms with Crippen molar-refractivity contribution < 1.29 is 24.2 Å². The average Bonchev–Trinajstić information content (AvgIpc) is 3.19. The van der Waals surface area contributed by atoms with Crippen LogP contribution in [0.3, 0.4) is 0 Å². The Morgan fingerprint density at radius 2 is 1.97 bits per heavy atom. The molecule has 3 rings (SSSR count). The summed E-state index contributed by atoms with van der Waals surface area (Å²) in [5, 5.41) is 13.7. The Labute approximate surface area is 183 Å². The summed E-state index contributed by atoms with van der Waals surface area (Å²) in [5.41, 5.74) is 5.58. The summed E-state index contributed by atoms with van der Waals surface area (Å²) in [6.07, 6.45) is 0.494. The maximum Gasteiger partial charge on any atom is 0.254 e. The Morgan fingerprint density at radius 3 is 2.68 bits per heavy atom. The Morgan fingerprint density at radius 1 is 1.16 bits per heavy atom. The predicted molar refractivity (Wildman–Crippen MR) is 120 cm³/mol. The van der Waals surface area contributed by atoms with E-state index in [1.807, 2.05) is 18.2 Å². The summed E-state index contributed by atoms with van der Waals surface area (Å²) in [5.74, 6) is 0.451. The Bertz CT molecular complexity index is 957. The van der Waals surface area contributed by atoms with Crippen LogP contribution in [0.25, 0.3) is 11.1 Å². The molecule has 31 heavy (non-hydrogen) atoms. The number of oxime groups is 1. The predicted octanol–water partition coefficient (Wildman–Crippen LogP) is 3.20. The number of hydrogen-bond acceptors (Lipinski definition) is 6. The SMILES string of the molecule is COCCOc1cc(C(=O)N2C/C(=N/OC)CC2CO)ccc1-c1cccc(C)c1C. The van der Waals surface area contributed by atoms with Crippen molar-refractivity contribution in [3.05, 3.63) is 53.1 Å². The minimum Gasteiger partial charge on any atom is -0.491 e. The van der Waals surface area contributed by atoms with Crippen LogP contribution in [-0.4, -0.2) is 68.3 Å². The summed E-state index contributed by atoms with van der Waals surface area (Å²) in [7, 11) is 3.09. The largest absolute Gasteiger partial charge is 0.491 e. The molecule has 166 valence electrons. The molecule has 1 aliphatic heterocycles. The van der Waals surface area contributed by atoms with Gasteiger partial charge in [0.1, 0.15) is 19.5 Å². The molecule has 1 unspecified atom stereocenters. The third kappa shape index (κ3) is 5.06. The lowest BCUT2D eigenvalue weighted by molar-refractivity contribution is 0.0679. The van der Waals surface area contributed by atoms with E-state index < -0.39 is 0 Å². The molecule has 1 amide bonds. The zero-order chi connectivity index (χ0) is 22.4. The molecule has 0 aromatic heterocycles. The first-order chi connectivity index (χ1) is 15.0. The maximum atomic E-state index is 13.3. The highest BCUT2D eigenvalue weighted by Crippen LogP contribution is 2.35. The topological polar surface area (TPSA) is 80.6 Å². The van der Waals surface area contributed by atoms with Crippen LogP contribution in [0.5, 0.6) is 5.75 Å². The number of aliphatic hydroxyl groups is 1. The lowest BCUT2D eigenvalue weighted by atomic mass is 9.95. The van der Waals surface area contributed by atoms with Crippen LogP contribution in [0.15, 0.2) is 41.6 Å². The fourth-order valence-corrected chi connectivity index (χ4v) is 3.81. The molecule has 1 saturated heterocycles. The maximum absolute atomic E-state index is 13.3. The summed E-state index contributed by atoms with van der Waals surface area (Å²) in [6.45, 7) is 5.17. The van der Waals surface area contributed by atoms with Gasteiger partial charge in [-0.1, -0.05) is 23.4 Å². The number of aliphatic hydroxyl groups excluding tert-OH is 1. The number of hydrogen-bond donors (Lipinski definition) is 1. The van der Waals surface area contributed by atoms with Gasteiger partial charge < -0.3 is 24.3 Å². The molecule has 7 nitrogen and oxygen atoms in total. The molecule has 2 aromatic carbocycles. The van der Waals surface area contributed by atoms with Gasteiger partial charge in [0, 0.05) is 24.7 Å². The van der Waals surface area contributed by atoms with E-state index in [1.54, 1.807) is 18.1 Å². The highest BCUT2D eigenvalue weighted by atomic mass is 16.6. The highest BCUT2D eigenvalue weighted by Gasteiger charge is 2.33. The van der Waals surface area contributed by atoms with Crippen molar-refractivity contribution in [3.8, 4) is 16.9 Å². The number of carbonyl (C=O) groups is 1. The van der Waals surface area contributed by atoms with E-state index in [9.17, 15) is 9.90 Å². The number of benzene rings is 2. The van der Waals surface area contributed by atoms with Crippen LogP contribution < -0.4 is 4.74 Å². The molecule has 1 atom stereocenters. The number of methoxy groups -OCH3 is 1. The van der Waals surface area contributed by atoms with Crippen molar-refractivity contribution >= 4 is 11.6 Å². The molecule has 7 heteroatoms. The molecule has 0 saturated carbocycles. The first kappa shape index (κ1) is 22.8. The molecule has 2 aromatic rings. The van der Waals surface area contributed by atoms with Gasteiger partial charge in [-0.2, -0.15) is 0 Å². The molecule has 1 fully saturated rings. The number of rotatable bonds is 8. The molecule has 0 bridgehead atoms. The van der Waals surface area contributed by atoms with Crippen LogP contribution in [0, 0.1) is 13.8 Å². The van der Waals surface area contributed by atoms with Crippen LogP contribution in [0.4, 0.5) is 0 Å². The van der Waals surface area contributed by atoms with Crippen molar-refractivity contribution in [2.75, 3.05) is 40.6 Å². The number of carbonyl (C=O) groups excluding carboxylic acids is 1. The van der Waals surface area contributed by atoms with E-state index >= 15 is 0 Å². The molecule has 0 aliphatic carbocycles. The highest BCUT2D eigenvalue weighted by molar-refractivity contribution is 6.01. The summed E-state index contributed by atoms with van der Waals surface area (Å²) >= 11 is 0. The van der Waals surface area contributed by atoms with Crippen LogP contribution >= 0.6 is 0 Å². The Balaban J connectivity index is 1.96. The van der Waals surface area contributed by atoms with Gasteiger partial charge in [0.15, 0.2) is 0 Å². The smallest absolute Gasteiger partial charge is 0.254 e. The Kier molecular flexibility index (Phi) is 7.65.